The average Bonchev–Trinajstić information content (AvgIpc) is 2.58. The summed E-state index contributed by atoms with van der Waals surface area (Å²) in [6.45, 7) is 8.57. The molecule has 6 nitrogen and oxygen atoms in total. The SMILES string of the molecule is CC[C@@H](C)CN1C(=O)C(C)(C)c2cc(NS(N)(=O)=O)ccc21. The number of nitrogens with two attached hydrogens (primary N) is 1. The maximum atomic E-state index is 12.7. The monoisotopic (exact) mass is 325 g/mol. The van der Waals surface area contributed by atoms with Crippen LogP contribution in [0.1, 0.15) is 39.7 Å². The molecular formula is C15H23N3O3S. The average molecular weight is 325 g/mol. The van der Waals surface area contributed by atoms with Crippen LogP contribution in [0.2, 0.25) is 0 Å². The summed E-state index contributed by atoms with van der Waals surface area (Å²) < 4.78 is 24.6. The minimum Gasteiger partial charge on any atom is -0.311 e. The van der Waals surface area contributed by atoms with Crippen molar-refractivity contribution in [2.24, 2.45) is 11.1 Å². The van der Waals surface area contributed by atoms with Crippen LogP contribution in [-0.4, -0.2) is 20.9 Å². The van der Waals surface area contributed by atoms with Crippen LogP contribution in [0.25, 0.3) is 0 Å². The van der Waals surface area contributed by atoms with Gasteiger partial charge in [-0.05, 0) is 43.5 Å². The van der Waals surface area contributed by atoms with Crippen molar-refractivity contribution in [2.45, 2.75) is 39.5 Å². The molecule has 1 amide bonds. The minimum absolute atomic E-state index is 0.0376. The molecule has 1 aliphatic heterocycles. The Morgan fingerprint density at radius 1 is 1.36 bits per heavy atom. The van der Waals surface area contributed by atoms with E-state index in [9.17, 15) is 13.2 Å². The first-order valence-corrected chi connectivity index (χ1v) is 8.88. The summed E-state index contributed by atoms with van der Waals surface area (Å²) in [6.07, 6.45) is 0.991. The third kappa shape index (κ3) is 3.10. The normalized spacial score (nSPS) is 18.2. The Balaban J connectivity index is 2.44. The molecule has 3 N–H and O–H groups in total. The first kappa shape index (κ1) is 16.8. The molecule has 2 rings (SSSR count). The van der Waals surface area contributed by atoms with E-state index in [1.807, 2.05) is 13.8 Å². The van der Waals surface area contributed by atoms with Gasteiger partial charge in [0.25, 0.3) is 10.2 Å². The van der Waals surface area contributed by atoms with Gasteiger partial charge < -0.3 is 4.90 Å². The zero-order valence-electron chi connectivity index (χ0n) is 13.4. The van der Waals surface area contributed by atoms with Gasteiger partial charge in [-0.3, -0.25) is 9.52 Å². The molecule has 0 aromatic heterocycles. The smallest absolute Gasteiger partial charge is 0.296 e. The number of rotatable bonds is 5. The van der Waals surface area contributed by atoms with Gasteiger partial charge in [-0.1, -0.05) is 20.3 Å². The number of nitrogens with one attached hydrogen (secondary N) is 1. The van der Waals surface area contributed by atoms with Gasteiger partial charge in [-0.15, -0.1) is 0 Å². The number of nitrogens with zero attached hydrogens (tertiary/aromatic N) is 1. The number of hydrogen-bond acceptors (Lipinski definition) is 3. The summed E-state index contributed by atoms with van der Waals surface area (Å²) in [6, 6.07) is 5.09. The van der Waals surface area contributed by atoms with E-state index in [2.05, 4.69) is 18.6 Å². The van der Waals surface area contributed by atoms with Crippen LogP contribution < -0.4 is 14.8 Å². The molecule has 122 valence electrons. The maximum absolute atomic E-state index is 12.7. The van der Waals surface area contributed by atoms with Gasteiger partial charge in [-0.25, -0.2) is 5.14 Å². The summed E-state index contributed by atoms with van der Waals surface area (Å²) in [7, 11) is -3.83. The predicted molar refractivity (Wildman–Crippen MR) is 88.0 cm³/mol. The van der Waals surface area contributed by atoms with E-state index in [4.69, 9.17) is 5.14 Å². The van der Waals surface area contributed by atoms with Crippen LogP contribution in [0.3, 0.4) is 0 Å². The zero-order valence-corrected chi connectivity index (χ0v) is 14.2. The Morgan fingerprint density at radius 2 is 2.00 bits per heavy atom. The van der Waals surface area contributed by atoms with Crippen molar-refractivity contribution in [2.75, 3.05) is 16.2 Å². The Kier molecular flexibility index (Phi) is 4.23. The molecule has 7 heteroatoms. The maximum Gasteiger partial charge on any atom is 0.296 e. The lowest BCUT2D eigenvalue weighted by Crippen LogP contribution is -2.38. The van der Waals surface area contributed by atoms with Crippen LogP contribution in [0, 0.1) is 5.92 Å². The van der Waals surface area contributed by atoms with Gasteiger partial charge in [0.1, 0.15) is 0 Å². The second-order valence-corrected chi connectivity index (χ2v) is 7.73. The van der Waals surface area contributed by atoms with Gasteiger partial charge in [-0.2, -0.15) is 8.42 Å². The van der Waals surface area contributed by atoms with E-state index >= 15 is 0 Å². The molecule has 22 heavy (non-hydrogen) atoms. The van der Waals surface area contributed by atoms with Gasteiger partial charge in [0, 0.05) is 12.2 Å². The number of benzene rings is 1. The van der Waals surface area contributed by atoms with Gasteiger partial charge in [0.15, 0.2) is 0 Å². The fourth-order valence-electron chi connectivity index (χ4n) is 2.68. The van der Waals surface area contributed by atoms with Crippen molar-refractivity contribution in [3.05, 3.63) is 23.8 Å². The lowest BCUT2D eigenvalue weighted by atomic mass is 9.86. The molecule has 0 saturated heterocycles. The van der Waals surface area contributed by atoms with E-state index < -0.39 is 15.6 Å². The number of anilines is 2. The highest BCUT2D eigenvalue weighted by Gasteiger charge is 2.44. The molecular weight excluding hydrogens is 302 g/mol. The molecule has 0 radical (unpaired) electrons. The Labute approximate surface area is 131 Å². The van der Waals surface area contributed by atoms with Crippen molar-refractivity contribution in [3.8, 4) is 0 Å². The van der Waals surface area contributed by atoms with Gasteiger partial charge in [0.05, 0.1) is 11.1 Å². The number of carbonyl (C=O) groups excluding carboxylic acids is 1. The van der Waals surface area contributed by atoms with Crippen LogP contribution >= 0.6 is 0 Å². The fourth-order valence-corrected chi connectivity index (χ4v) is 3.14. The molecule has 0 fully saturated rings. The second kappa shape index (κ2) is 5.55. The van der Waals surface area contributed by atoms with Crippen molar-refractivity contribution in [1.29, 1.82) is 0 Å². The summed E-state index contributed by atoms with van der Waals surface area (Å²) in [4.78, 5) is 14.5. The molecule has 1 aromatic carbocycles. The Morgan fingerprint density at radius 3 is 2.55 bits per heavy atom. The molecule has 0 aliphatic carbocycles. The van der Waals surface area contributed by atoms with E-state index in [-0.39, 0.29) is 5.91 Å². The summed E-state index contributed by atoms with van der Waals surface area (Å²) in [5, 5.41) is 5.00. The van der Waals surface area contributed by atoms with E-state index in [1.165, 1.54) is 0 Å². The predicted octanol–water partition coefficient (Wildman–Crippen LogP) is 1.97. The van der Waals surface area contributed by atoms with Crippen molar-refractivity contribution >= 4 is 27.5 Å². The number of fused-ring (bicyclic) bond motifs is 1. The number of carbonyl (C=O) groups is 1. The number of amides is 1. The molecule has 1 heterocycles. The highest BCUT2D eigenvalue weighted by molar-refractivity contribution is 7.90. The summed E-state index contributed by atoms with van der Waals surface area (Å²) in [5.41, 5.74) is 1.34. The van der Waals surface area contributed by atoms with E-state index in [0.717, 1.165) is 17.7 Å². The van der Waals surface area contributed by atoms with Crippen molar-refractivity contribution < 1.29 is 13.2 Å². The molecule has 0 saturated carbocycles. The molecule has 0 spiro atoms. The van der Waals surface area contributed by atoms with Crippen molar-refractivity contribution in [1.82, 2.24) is 0 Å². The standard InChI is InChI=1S/C15H23N3O3S/c1-5-10(2)9-18-13-7-6-11(17-22(16,20)21)8-12(13)15(3,4)14(18)19/h6-8,10,17H,5,9H2,1-4H3,(H2,16,20,21)/t10-/m1/s1. The second-order valence-electron chi connectivity index (χ2n) is 6.43. The fraction of sp³-hybridized carbons (Fsp3) is 0.533. The molecule has 0 bridgehead atoms. The number of hydrogen-bond donors (Lipinski definition) is 2. The van der Waals surface area contributed by atoms with E-state index in [1.54, 1.807) is 23.1 Å². The lowest BCUT2D eigenvalue weighted by Gasteiger charge is -2.23. The quantitative estimate of drug-likeness (QED) is 0.867. The first-order chi connectivity index (χ1) is 10.1. The van der Waals surface area contributed by atoms with Crippen LogP contribution in [0.5, 0.6) is 0 Å². The van der Waals surface area contributed by atoms with Gasteiger partial charge in [0.2, 0.25) is 5.91 Å². The third-order valence-electron chi connectivity index (χ3n) is 4.19. The minimum atomic E-state index is -3.83. The Hall–Kier alpha value is -1.60. The largest absolute Gasteiger partial charge is 0.311 e. The Bertz CT molecular complexity index is 698. The highest BCUT2D eigenvalue weighted by Crippen LogP contribution is 2.43. The van der Waals surface area contributed by atoms with Crippen LogP contribution in [-0.2, 0) is 20.4 Å². The summed E-state index contributed by atoms with van der Waals surface area (Å²) >= 11 is 0. The highest BCUT2D eigenvalue weighted by atomic mass is 32.2. The van der Waals surface area contributed by atoms with E-state index in [0.29, 0.717) is 18.2 Å². The molecule has 1 aliphatic rings. The summed E-state index contributed by atoms with van der Waals surface area (Å²) in [5.74, 6) is 0.434. The third-order valence-corrected chi connectivity index (χ3v) is 4.71. The first-order valence-electron chi connectivity index (χ1n) is 7.33. The van der Waals surface area contributed by atoms with Crippen LogP contribution in [0.4, 0.5) is 11.4 Å². The van der Waals surface area contributed by atoms with Gasteiger partial charge >= 0.3 is 0 Å². The molecule has 1 atom stereocenters. The van der Waals surface area contributed by atoms with Crippen LogP contribution in [0.15, 0.2) is 18.2 Å². The topological polar surface area (TPSA) is 92.5 Å². The van der Waals surface area contributed by atoms with Crippen molar-refractivity contribution in [3.63, 3.8) is 0 Å². The molecule has 0 unspecified atom stereocenters. The lowest BCUT2D eigenvalue weighted by molar-refractivity contribution is -0.122. The molecule has 1 aromatic rings. The zero-order chi connectivity index (χ0) is 16.7.